The molecule has 1 N–H and O–H groups in total. The number of nitrogens with one attached hydrogen (secondary N) is 1. The van der Waals surface area contributed by atoms with Crippen LogP contribution in [0.5, 0.6) is 0 Å². The lowest BCUT2D eigenvalue weighted by atomic mass is 10.3. The predicted octanol–water partition coefficient (Wildman–Crippen LogP) is 3.60. The maximum Gasteiger partial charge on any atom is 0.417 e. The van der Waals surface area contributed by atoms with Crippen molar-refractivity contribution in [1.29, 1.82) is 0 Å². The first-order valence-corrected chi connectivity index (χ1v) is 6.44. The van der Waals surface area contributed by atoms with E-state index in [2.05, 4.69) is 15.2 Å². The van der Waals surface area contributed by atoms with Crippen LogP contribution in [-0.2, 0) is 0 Å². The normalized spacial score (nSPS) is 11.3. The van der Waals surface area contributed by atoms with E-state index in [-0.39, 0.29) is 0 Å². The quantitative estimate of drug-likeness (QED) is 0.746. The van der Waals surface area contributed by atoms with Crippen LogP contribution in [0.4, 0.5) is 17.1 Å². The lowest BCUT2D eigenvalue weighted by Crippen LogP contribution is -2.07. The monoisotopic (exact) mass is 282 g/mol. The molecule has 3 rings (SSSR count). The van der Waals surface area contributed by atoms with Crippen molar-refractivity contribution >= 4 is 28.2 Å². The van der Waals surface area contributed by atoms with Crippen molar-refractivity contribution in [3.05, 3.63) is 53.0 Å². The minimum absolute atomic E-state index is 0.472. The molecule has 0 aliphatic carbocycles. The Morgan fingerprint density at radius 3 is 2.38 bits per heavy atom. The maximum absolute atomic E-state index is 11.1. The average molecular weight is 282 g/mol. The van der Waals surface area contributed by atoms with Gasteiger partial charge in [0, 0.05) is 25.8 Å². The van der Waals surface area contributed by atoms with E-state index in [1.807, 2.05) is 43.3 Å². The molecule has 2 aromatic carbocycles. The molecule has 0 spiro atoms. The molecule has 0 fully saturated rings. The summed E-state index contributed by atoms with van der Waals surface area (Å²) in [5, 5.41) is 8.31. The van der Waals surface area contributed by atoms with Crippen molar-refractivity contribution in [3.8, 4) is 0 Å². The molecule has 0 atom stereocenters. The fourth-order valence-electron chi connectivity index (χ4n) is 1.93. The van der Waals surface area contributed by atoms with E-state index in [1.54, 1.807) is 18.2 Å². The van der Waals surface area contributed by atoms with Crippen molar-refractivity contribution in [2.45, 2.75) is 0 Å². The van der Waals surface area contributed by atoms with Crippen LogP contribution in [0.2, 0.25) is 0 Å². The van der Waals surface area contributed by atoms with Crippen molar-refractivity contribution < 1.29 is 4.42 Å². The second-order valence-corrected chi connectivity index (χ2v) is 4.81. The summed E-state index contributed by atoms with van der Waals surface area (Å²) in [7, 11) is 3.97. The molecule has 0 amide bonds. The molecule has 106 valence electrons. The number of hydrogen-bond donors (Lipinski definition) is 1. The number of H-pyrrole nitrogens is 1. The molecule has 6 nitrogen and oxygen atoms in total. The summed E-state index contributed by atoms with van der Waals surface area (Å²) in [5.74, 6) is -0.474. The van der Waals surface area contributed by atoms with Crippen LogP contribution in [0.25, 0.3) is 11.1 Å². The topological polar surface area (TPSA) is 74.0 Å². The maximum atomic E-state index is 11.1. The number of rotatable bonds is 3. The van der Waals surface area contributed by atoms with Crippen LogP contribution >= 0.6 is 0 Å². The molecule has 0 bridgehead atoms. The van der Waals surface area contributed by atoms with Crippen LogP contribution in [0, 0.1) is 0 Å². The van der Waals surface area contributed by atoms with E-state index >= 15 is 0 Å². The van der Waals surface area contributed by atoms with Gasteiger partial charge in [-0.2, -0.15) is 10.2 Å². The van der Waals surface area contributed by atoms with E-state index in [4.69, 9.17) is 4.42 Å². The SMILES string of the molecule is CN(C)c1ccc(N=Nc2ccc3[nH]c(=O)oc3c2)cc1. The highest BCUT2D eigenvalue weighted by atomic mass is 16.4. The molecule has 0 aliphatic rings. The summed E-state index contributed by atoms with van der Waals surface area (Å²) in [6.07, 6.45) is 0. The summed E-state index contributed by atoms with van der Waals surface area (Å²) >= 11 is 0. The number of nitrogens with zero attached hydrogens (tertiary/aromatic N) is 3. The first-order valence-electron chi connectivity index (χ1n) is 6.44. The molecular weight excluding hydrogens is 268 g/mol. The highest BCUT2D eigenvalue weighted by Gasteiger charge is 2.01. The molecule has 3 aromatic rings. The number of azo groups is 1. The lowest BCUT2D eigenvalue weighted by molar-refractivity contribution is 0.555. The molecule has 0 radical (unpaired) electrons. The van der Waals surface area contributed by atoms with Gasteiger partial charge in [-0.25, -0.2) is 4.79 Å². The van der Waals surface area contributed by atoms with Crippen molar-refractivity contribution in [1.82, 2.24) is 4.98 Å². The summed E-state index contributed by atoms with van der Waals surface area (Å²) in [4.78, 5) is 15.7. The van der Waals surface area contributed by atoms with Crippen molar-refractivity contribution in [3.63, 3.8) is 0 Å². The first-order chi connectivity index (χ1) is 10.1. The number of fused-ring (bicyclic) bond motifs is 1. The minimum atomic E-state index is -0.474. The van der Waals surface area contributed by atoms with Gasteiger partial charge in [0.25, 0.3) is 0 Å². The molecule has 1 aromatic heterocycles. The fourth-order valence-corrected chi connectivity index (χ4v) is 1.93. The van der Waals surface area contributed by atoms with Crippen LogP contribution in [0.3, 0.4) is 0 Å². The third-order valence-corrected chi connectivity index (χ3v) is 3.05. The predicted molar refractivity (Wildman–Crippen MR) is 81.8 cm³/mol. The third kappa shape index (κ3) is 2.84. The fraction of sp³-hybridized carbons (Fsp3) is 0.133. The van der Waals surface area contributed by atoms with Crippen LogP contribution in [0.15, 0.2) is 61.9 Å². The zero-order valence-electron chi connectivity index (χ0n) is 11.7. The van der Waals surface area contributed by atoms with E-state index in [1.165, 1.54) is 0 Å². The Balaban J connectivity index is 1.84. The number of oxazole rings is 1. The Labute approximate surface area is 120 Å². The van der Waals surface area contributed by atoms with Gasteiger partial charge in [0.05, 0.1) is 16.9 Å². The largest absolute Gasteiger partial charge is 0.417 e. The number of aromatic nitrogens is 1. The van der Waals surface area contributed by atoms with Crippen molar-refractivity contribution in [2.75, 3.05) is 19.0 Å². The molecule has 6 heteroatoms. The van der Waals surface area contributed by atoms with Crippen LogP contribution in [0.1, 0.15) is 0 Å². The van der Waals surface area contributed by atoms with Crippen molar-refractivity contribution in [2.24, 2.45) is 10.2 Å². The highest BCUT2D eigenvalue weighted by Crippen LogP contribution is 2.23. The van der Waals surface area contributed by atoms with Gasteiger partial charge in [-0.05, 0) is 36.4 Å². The third-order valence-electron chi connectivity index (χ3n) is 3.05. The molecule has 21 heavy (non-hydrogen) atoms. The Morgan fingerprint density at radius 2 is 1.67 bits per heavy atom. The van der Waals surface area contributed by atoms with Crippen LogP contribution in [-0.4, -0.2) is 19.1 Å². The smallest absolute Gasteiger partial charge is 0.408 e. The second-order valence-electron chi connectivity index (χ2n) is 4.81. The second kappa shape index (κ2) is 5.24. The summed E-state index contributed by atoms with van der Waals surface area (Å²) in [6.45, 7) is 0. The molecule has 0 saturated carbocycles. The summed E-state index contributed by atoms with van der Waals surface area (Å²) in [5.41, 5.74) is 3.61. The number of benzene rings is 2. The number of aromatic amines is 1. The zero-order chi connectivity index (χ0) is 14.8. The van der Waals surface area contributed by atoms with E-state index in [0.29, 0.717) is 16.8 Å². The summed E-state index contributed by atoms with van der Waals surface area (Å²) in [6, 6.07) is 12.9. The number of hydrogen-bond acceptors (Lipinski definition) is 5. The average Bonchev–Trinajstić information content (AvgIpc) is 2.84. The van der Waals surface area contributed by atoms with Gasteiger partial charge in [-0.15, -0.1) is 0 Å². The summed E-state index contributed by atoms with van der Waals surface area (Å²) < 4.78 is 4.98. The van der Waals surface area contributed by atoms with E-state index in [9.17, 15) is 4.79 Å². The van der Waals surface area contributed by atoms with Gasteiger partial charge in [0.2, 0.25) is 0 Å². The molecule has 0 aliphatic heterocycles. The van der Waals surface area contributed by atoms with E-state index < -0.39 is 5.76 Å². The van der Waals surface area contributed by atoms with Gasteiger partial charge in [0.1, 0.15) is 0 Å². The molecule has 1 heterocycles. The van der Waals surface area contributed by atoms with Gasteiger partial charge in [-0.3, -0.25) is 4.98 Å². The van der Waals surface area contributed by atoms with Gasteiger partial charge in [-0.1, -0.05) is 0 Å². The number of anilines is 1. The van der Waals surface area contributed by atoms with Gasteiger partial charge < -0.3 is 9.32 Å². The van der Waals surface area contributed by atoms with Crippen LogP contribution < -0.4 is 10.7 Å². The lowest BCUT2D eigenvalue weighted by Gasteiger charge is -2.11. The Morgan fingerprint density at radius 1 is 1.00 bits per heavy atom. The van der Waals surface area contributed by atoms with E-state index in [0.717, 1.165) is 11.4 Å². The highest BCUT2D eigenvalue weighted by molar-refractivity contribution is 5.75. The molecule has 0 unspecified atom stereocenters. The molecule has 0 saturated heterocycles. The Kier molecular flexibility index (Phi) is 3.27. The first kappa shape index (κ1) is 13.1. The van der Waals surface area contributed by atoms with Gasteiger partial charge in [0.15, 0.2) is 5.58 Å². The Bertz CT molecular complexity index is 844. The zero-order valence-corrected chi connectivity index (χ0v) is 11.7. The van der Waals surface area contributed by atoms with Gasteiger partial charge >= 0.3 is 5.76 Å². The molecular formula is C15H14N4O2. The Hall–Kier alpha value is -2.89. The standard InChI is InChI=1S/C15H14N4O2/c1-19(2)12-6-3-10(4-7-12)17-18-11-5-8-13-14(9-11)21-15(20)16-13/h3-9H,1-2H3,(H,16,20). The minimum Gasteiger partial charge on any atom is -0.408 e.